The molecule has 0 atom stereocenters. The van der Waals surface area contributed by atoms with Gasteiger partial charge in [-0.05, 0) is 51.2 Å². The number of carbonyl (C=O) groups is 3. The number of amides is 1. The van der Waals surface area contributed by atoms with Crippen molar-refractivity contribution in [1.29, 1.82) is 0 Å². The summed E-state index contributed by atoms with van der Waals surface area (Å²) in [5.74, 6) is -1.34. The summed E-state index contributed by atoms with van der Waals surface area (Å²) in [5, 5.41) is 0. The Balaban J connectivity index is 1.34. The Morgan fingerprint density at radius 1 is 1.11 bits per heavy atom. The zero-order chi connectivity index (χ0) is 26.5. The number of hydrogen-bond acceptors (Lipinski definition) is 6. The van der Waals surface area contributed by atoms with Gasteiger partial charge in [0.05, 0.1) is 18.1 Å². The van der Waals surface area contributed by atoms with Gasteiger partial charge in [-0.3, -0.25) is 14.4 Å². The number of nitrogens with zero attached hydrogens (tertiary/aromatic N) is 4. The molecule has 2 heterocycles. The first kappa shape index (κ1) is 26.3. The highest BCUT2D eigenvalue weighted by Gasteiger charge is 2.27. The number of Topliss-reactive ketones (excluding diaryl/α,β-unsaturated/α-hetero) is 1. The third-order valence-corrected chi connectivity index (χ3v) is 7.12. The minimum Gasteiger partial charge on any atom is -0.364 e. The number of carbonyl (C=O) groups excluding carboxylic acids is 3. The molecule has 194 valence electrons. The van der Waals surface area contributed by atoms with Crippen molar-refractivity contribution in [3.05, 3.63) is 76.9 Å². The maximum absolute atomic E-state index is 14.4. The number of anilines is 1. The van der Waals surface area contributed by atoms with Crippen molar-refractivity contribution in [1.82, 2.24) is 14.9 Å². The molecule has 0 bridgehead atoms. The fourth-order valence-corrected chi connectivity index (χ4v) is 4.92. The summed E-state index contributed by atoms with van der Waals surface area (Å²) in [4.78, 5) is 49.3. The van der Waals surface area contributed by atoms with Crippen LogP contribution in [0.2, 0.25) is 0 Å². The van der Waals surface area contributed by atoms with Gasteiger partial charge in [-0.15, -0.1) is 0 Å². The molecule has 9 heteroatoms. The van der Waals surface area contributed by atoms with Gasteiger partial charge >= 0.3 is 0 Å². The predicted octanol–water partition coefficient (Wildman–Crippen LogP) is 4.19. The standard InChI is InChI=1S/C28H30F2N4O3/c1-18-11-26(35)24(19(2)28(18)37)5-6-27(36)33-9-7-20(8-10-33)15-34(23-13-31-17-32-14-23)16-21-3-4-22(29)12-25(21)30/h3-4,11-14,17,20H,5-10,15-16H2,1-2H3. The lowest BCUT2D eigenvalue weighted by Crippen LogP contribution is -2.41. The van der Waals surface area contributed by atoms with Gasteiger partial charge in [0.2, 0.25) is 5.91 Å². The van der Waals surface area contributed by atoms with E-state index in [2.05, 4.69) is 9.97 Å². The Morgan fingerprint density at radius 2 is 1.81 bits per heavy atom. The van der Waals surface area contributed by atoms with E-state index in [9.17, 15) is 23.2 Å². The fourth-order valence-electron chi connectivity index (χ4n) is 4.92. The summed E-state index contributed by atoms with van der Waals surface area (Å²) in [7, 11) is 0. The van der Waals surface area contributed by atoms with E-state index in [1.165, 1.54) is 24.5 Å². The molecule has 1 aliphatic carbocycles. The van der Waals surface area contributed by atoms with Gasteiger partial charge < -0.3 is 9.80 Å². The molecule has 7 nitrogen and oxygen atoms in total. The molecule has 1 fully saturated rings. The minimum absolute atomic E-state index is 0.0352. The summed E-state index contributed by atoms with van der Waals surface area (Å²) < 4.78 is 27.7. The van der Waals surface area contributed by atoms with Crippen LogP contribution in [0.1, 0.15) is 45.1 Å². The number of piperidine rings is 1. The monoisotopic (exact) mass is 508 g/mol. The minimum atomic E-state index is -0.620. The Kier molecular flexibility index (Phi) is 8.21. The first-order valence-electron chi connectivity index (χ1n) is 12.4. The van der Waals surface area contributed by atoms with Gasteiger partial charge in [0.15, 0.2) is 11.6 Å². The van der Waals surface area contributed by atoms with Crippen LogP contribution in [-0.2, 0) is 20.9 Å². The van der Waals surface area contributed by atoms with Crippen molar-refractivity contribution in [2.75, 3.05) is 24.5 Å². The predicted molar refractivity (Wildman–Crippen MR) is 134 cm³/mol. The molecule has 4 rings (SSSR count). The largest absolute Gasteiger partial charge is 0.364 e. The van der Waals surface area contributed by atoms with Crippen LogP contribution in [0.25, 0.3) is 0 Å². The van der Waals surface area contributed by atoms with E-state index in [4.69, 9.17) is 0 Å². The summed E-state index contributed by atoms with van der Waals surface area (Å²) in [6, 6.07) is 3.57. The Labute approximate surface area is 214 Å². The number of aromatic nitrogens is 2. The molecular formula is C28H30F2N4O3. The van der Waals surface area contributed by atoms with Crippen LogP contribution in [0, 0.1) is 17.6 Å². The van der Waals surface area contributed by atoms with Gasteiger partial charge in [-0.1, -0.05) is 6.07 Å². The number of hydrogen-bond donors (Lipinski definition) is 0. The average molecular weight is 509 g/mol. The van der Waals surface area contributed by atoms with Crippen LogP contribution in [0.3, 0.4) is 0 Å². The van der Waals surface area contributed by atoms with Crippen LogP contribution in [0.5, 0.6) is 0 Å². The third-order valence-electron chi connectivity index (χ3n) is 7.12. The lowest BCUT2D eigenvalue weighted by Gasteiger charge is -2.35. The Hall–Kier alpha value is -3.75. The molecule has 0 saturated carbocycles. The molecule has 1 aliphatic heterocycles. The highest BCUT2D eigenvalue weighted by atomic mass is 19.1. The first-order chi connectivity index (χ1) is 17.7. The highest BCUT2D eigenvalue weighted by molar-refractivity contribution is 6.22. The van der Waals surface area contributed by atoms with Crippen LogP contribution < -0.4 is 4.90 Å². The highest BCUT2D eigenvalue weighted by Crippen LogP contribution is 2.26. The maximum atomic E-state index is 14.4. The summed E-state index contributed by atoms with van der Waals surface area (Å²) in [6.07, 6.45) is 8.07. The van der Waals surface area contributed by atoms with Crippen molar-refractivity contribution in [2.24, 2.45) is 5.92 Å². The molecule has 0 radical (unpaired) electrons. The molecule has 1 amide bonds. The number of likely N-dealkylation sites (tertiary alicyclic amines) is 1. The number of rotatable bonds is 8. The van der Waals surface area contributed by atoms with E-state index in [0.29, 0.717) is 41.9 Å². The second kappa shape index (κ2) is 11.5. The molecule has 2 aromatic rings. The van der Waals surface area contributed by atoms with Gasteiger partial charge in [0.1, 0.15) is 18.0 Å². The van der Waals surface area contributed by atoms with Crippen LogP contribution in [-0.4, -0.2) is 52.0 Å². The number of benzene rings is 1. The molecule has 0 unspecified atom stereocenters. The van der Waals surface area contributed by atoms with E-state index in [0.717, 1.165) is 24.6 Å². The quantitative estimate of drug-likeness (QED) is 0.497. The molecule has 2 aliphatic rings. The van der Waals surface area contributed by atoms with Crippen molar-refractivity contribution >= 4 is 23.2 Å². The van der Waals surface area contributed by atoms with Crippen molar-refractivity contribution in [3.8, 4) is 0 Å². The fraction of sp³-hybridized carbons (Fsp3) is 0.393. The molecule has 1 aromatic heterocycles. The number of allylic oxidation sites excluding steroid dienone is 4. The zero-order valence-corrected chi connectivity index (χ0v) is 21.0. The molecule has 0 spiro atoms. The summed E-state index contributed by atoms with van der Waals surface area (Å²) in [6.45, 7) is 5.28. The molecular weight excluding hydrogens is 478 g/mol. The molecule has 0 N–H and O–H groups in total. The van der Waals surface area contributed by atoms with E-state index in [1.807, 2.05) is 4.90 Å². The second-order valence-electron chi connectivity index (χ2n) is 9.66. The van der Waals surface area contributed by atoms with Gasteiger partial charge in [-0.25, -0.2) is 18.7 Å². The van der Waals surface area contributed by atoms with E-state index >= 15 is 0 Å². The van der Waals surface area contributed by atoms with Crippen LogP contribution in [0.15, 0.2) is 59.7 Å². The molecule has 1 saturated heterocycles. The van der Waals surface area contributed by atoms with Crippen molar-refractivity contribution < 1.29 is 23.2 Å². The van der Waals surface area contributed by atoms with Crippen molar-refractivity contribution in [3.63, 3.8) is 0 Å². The average Bonchev–Trinajstić information content (AvgIpc) is 2.89. The van der Waals surface area contributed by atoms with E-state index in [-0.39, 0.29) is 42.8 Å². The van der Waals surface area contributed by atoms with E-state index in [1.54, 1.807) is 31.1 Å². The topological polar surface area (TPSA) is 83.5 Å². The molecule has 37 heavy (non-hydrogen) atoms. The molecule has 1 aromatic carbocycles. The van der Waals surface area contributed by atoms with Crippen LogP contribution in [0.4, 0.5) is 14.5 Å². The summed E-state index contributed by atoms with van der Waals surface area (Å²) in [5.41, 5.74) is 2.40. The van der Waals surface area contributed by atoms with Gasteiger partial charge in [-0.2, -0.15) is 0 Å². The summed E-state index contributed by atoms with van der Waals surface area (Å²) >= 11 is 0. The first-order valence-corrected chi connectivity index (χ1v) is 12.4. The smallest absolute Gasteiger partial charge is 0.222 e. The maximum Gasteiger partial charge on any atom is 0.222 e. The van der Waals surface area contributed by atoms with Crippen molar-refractivity contribution in [2.45, 2.75) is 46.1 Å². The number of halogens is 2. The van der Waals surface area contributed by atoms with Crippen LogP contribution >= 0.6 is 0 Å². The lowest BCUT2D eigenvalue weighted by molar-refractivity contribution is -0.132. The van der Waals surface area contributed by atoms with Gasteiger partial charge in [0, 0.05) is 60.9 Å². The zero-order valence-electron chi connectivity index (χ0n) is 21.0. The second-order valence-corrected chi connectivity index (χ2v) is 9.66. The lowest BCUT2D eigenvalue weighted by atomic mass is 9.88. The number of ketones is 2. The Morgan fingerprint density at radius 3 is 2.49 bits per heavy atom. The SMILES string of the molecule is CC1=CC(=O)C(CCC(=O)N2CCC(CN(Cc3ccc(F)cc3F)c3cncnc3)CC2)=C(C)C1=O. The Bertz CT molecular complexity index is 1250. The normalized spacial score (nSPS) is 16.8. The van der Waals surface area contributed by atoms with Gasteiger partial charge in [0.25, 0.3) is 0 Å². The third kappa shape index (κ3) is 6.34. The van der Waals surface area contributed by atoms with E-state index < -0.39 is 11.6 Å².